The summed E-state index contributed by atoms with van der Waals surface area (Å²) >= 11 is 0. The number of hydrogen-bond acceptors (Lipinski definition) is 2. The lowest BCUT2D eigenvalue weighted by molar-refractivity contribution is 0.101. The minimum atomic E-state index is -0.0727. The van der Waals surface area contributed by atoms with Crippen LogP contribution in [0.15, 0.2) is 59.0 Å². The molecule has 0 atom stereocenters. The van der Waals surface area contributed by atoms with E-state index in [1.54, 1.807) is 6.07 Å². The first kappa shape index (κ1) is 12.7. The van der Waals surface area contributed by atoms with Crippen molar-refractivity contribution in [3.63, 3.8) is 0 Å². The second-order valence-electron chi connectivity index (χ2n) is 5.25. The zero-order chi connectivity index (χ0) is 14.1. The van der Waals surface area contributed by atoms with Crippen molar-refractivity contribution in [2.45, 2.75) is 19.8 Å². The number of para-hydroxylation sites is 1. The molecule has 100 valence electrons. The van der Waals surface area contributed by atoms with Gasteiger partial charge in [-0.05, 0) is 23.6 Å². The van der Waals surface area contributed by atoms with E-state index in [2.05, 4.69) is 13.8 Å². The fourth-order valence-corrected chi connectivity index (χ4v) is 2.26. The number of furan rings is 1. The van der Waals surface area contributed by atoms with Crippen LogP contribution in [-0.4, -0.2) is 5.78 Å². The van der Waals surface area contributed by atoms with Crippen LogP contribution in [0.3, 0.4) is 0 Å². The number of rotatable bonds is 3. The van der Waals surface area contributed by atoms with Crippen LogP contribution in [0.5, 0.6) is 0 Å². The minimum Gasteiger partial charge on any atom is -0.453 e. The lowest BCUT2D eigenvalue weighted by Gasteiger charge is -2.05. The van der Waals surface area contributed by atoms with Crippen molar-refractivity contribution in [2.24, 2.45) is 0 Å². The zero-order valence-electron chi connectivity index (χ0n) is 11.6. The van der Waals surface area contributed by atoms with E-state index in [9.17, 15) is 4.79 Å². The molecule has 0 saturated heterocycles. The summed E-state index contributed by atoms with van der Waals surface area (Å²) in [6.45, 7) is 4.27. The van der Waals surface area contributed by atoms with E-state index in [-0.39, 0.29) is 5.78 Å². The van der Waals surface area contributed by atoms with Gasteiger partial charge in [0.05, 0.1) is 0 Å². The summed E-state index contributed by atoms with van der Waals surface area (Å²) in [5.74, 6) is 0.783. The summed E-state index contributed by atoms with van der Waals surface area (Å²) in [6.07, 6.45) is 0. The van der Waals surface area contributed by atoms with Gasteiger partial charge in [0.15, 0.2) is 5.76 Å². The third-order valence-corrected chi connectivity index (χ3v) is 3.49. The lowest BCUT2D eigenvalue weighted by Crippen LogP contribution is -1.99. The molecule has 3 rings (SSSR count). The Morgan fingerprint density at radius 3 is 2.35 bits per heavy atom. The number of carbonyl (C=O) groups excluding carboxylic acids is 1. The highest BCUT2D eigenvalue weighted by atomic mass is 16.3. The third-order valence-electron chi connectivity index (χ3n) is 3.49. The molecule has 0 aliphatic rings. The fraction of sp³-hybridized carbons (Fsp3) is 0.167. The molecule has 0 radical (unpaired) electrons. The van der Waals surface area contributed by atoms with Crippen LogP contribution >= 0.6 is 0 Å². The number of benzene rings is 2. The molecule has 2 aromatic carbocycles. The molecule has 0 fully saturated rings. The Morgan fingerprint density at radius 2 is 1.70 bits per heavy atom. The van der Waals surface area contributed by atoms with Crippen LogP contribution < -0.4 is 0 Å². The Bertz CT molecular complexity index is 715. The van der Waals surface area contributed by atoms with Crippen LogP contribution in [-0.2, 0) is 0 Å². The second-order valence-corrected chi connectivity index (χ2v) is 5.25. The standard InChI is InChI=1S/C18H16O2/c1-12(2)13-7-9-14(10-8-13)18(19)17-11-15-5-3-4-6-16(15)20-17/h3-12H,1-2H3. The molecule has 0 saturated carbocycles. The Hall–Kier alpha value is -2.35. The normalized spacial score (nSPS) is 11.2. The van der Waals surface area contributed by atoms with Gasteiger partial charge in [-0.3, -0.25) is 4.79 Å². The van der Waals surface area contributed by atoms with Crippen molar-refractivity contribution in [3.05, 3.63) is 71.5 Å². The maximum absolute atomic E-state index is 12.4. The Balaban J connectivity index is 1.95. The lowest BCUT2D eigenvalue weighted by atomic mass is 10.00. The van der Waals surface area contributed by atoms with Gasteiger partial charge in [-0.15, -0.1) is 0 Å². The minimum absolute atomic E-state index is 0.0727. The highest BCUT2D eigenvalue weighted by Gasteiger charge is 2.14. The van der Waals surface area contributed by atoms with Crippen LogP contribution in [0.4, 0.5) is 0 Å². The first-order valence-electron chi connectivity index (χ1n) is 6.78. The SMILES string of the molecule is CC(C)c1ccc(C(=O)c2cc3ccccc3o2)cc1. The van der Waals surface area contributed by atoms with Gasteiger partial charge in [0, 0.05) is 10.9 Å². The first-order chi connectivity index (χ1) is 9.65. The summed E-state index contributed by atoms with van der Waals surface area (Å²) in [5.41, 5.74) is 2.63. The van der Waals surface area contributed by atoms with Crippen molar-refractivity contribution in [3.8, 4) is 0 Å². The topological polar surface area (TPSA) is 30.2 Å². The van der Waals surface area contributed by atoms with Crippen molar-refractivity contribution >= 4 is 16.8 Å². The van der Waals surface area contributed by atoms with Crippen molar-refractivity contribution in [1.29, 1.82) is 0 Å². The van der Waals surface area contributed by atoms with Gasteiger partial charge in [-0.2, -0.15) is 0 Å². The molecule has 20 heavy (non-hydrogen) atoms. The summed E-state index contributed by atoms with van der Waals surface area (Å²) in [5, 5.41) is 0.953. The van der Waals surface area contributed by atoms with Gasteiger partial charge < -0.3 is 4.42 Å². The van der Waals surface area contributed by atoms with E-state index in [0.717, 1.165) is 11.0 Å². The summed E-state index contributed by atoms with van der Waals surface area (Å²) in [6, 6.07) is 17.2. The van der Waals surface area contributed by atoms with E-state index in [4.69, 9.17) is 4.42 Å². The van der Waals surface area contributed by atoms with E-state index < -0.39 is 0 Å². The average molecular weight is 264 g/mol. The van der Waals surface area contributed by atoms with Crippen LogP contribution in [0, 0.1) is 0 Å². The molecule has 1 aromatic heterocycles. The molecule has 1 heterocycles. The second kappa shape index (κ2) is 4.97. The molecule has 0 aliphatic carbocycles. The van der Waals surface area contributed by atoms with Gasteiger partial charge in [-0.1, -0.05) is 56.3 Å². The van der Waals surface area contributed by atoms with Crippen LogP contribution in [0.25, 0.3) is 11.0 Å². The summed E-state index contributed by atoms with van der Waals surface area (Å²) in [7, 11) is 0. The Morgan fingerprint density at radius 1 is 1.00 bits per heavy atom. The average Bonchev–Trinajstić information content (AvgIpc) is 2.90. The van der Waals surface area contributed by atoms with Gasteiger partial charge in [0.25, 0.3) is 0 Å². The third kappa shape index (κ3) is 2.25. The summed E-state index contributed by atoms with van der Waals surface area (Å²) < 4.78 is 5.61. The monoisotopic (exact) mass is 264 g/mol. The molecule has 0 spiro atoms. The Kier molecular flexibility index (Phi) is 3.15. The van der Waals surface area contributed by atoms with Gasteiger partial charge in [0.1, 0.15) is 5.58 Å². The largest absolute Gasteiger partial charge is 0.453 e. The van der Waals surface area contributed by atoms with Crippen molar-refractivity contribution < 1.29 is 9.21 Å². The fourth-order valence-electron chi connectivity index (χ4n) is 2.26. The molecular weight excluding hydrogens is 248 g/mol. The highest BCUT2D eigenvalue weighted by Crippen LogP contribution is 2.22. The molecule has 2 heteroatoms. The highest BCUT2D eigenvalue weighted by molar-refractivity contribution is 6.08. The Labute approximate surface area is 118 Å². The quantitative estimate of drug-likeness (QED) is 0.637. The number of carbonyl (C=O) groups is 1. The predicted octanol–water partition coefficient (Wildman–Crippen LogP) is 4.79. The molecule has 3 aromatic rings. The maximum atomic E-state index is 12.4. The molecule has 0 amide bonds. The number of ketones is 1. The maximum Gasteiger partial charge on any atom is 0.228 e. The van der Waals surface area contributed by atoms with Crippen molar-refractivity contribution in [1.82, 2.24) is 0 Å². The first-order valence-corrected chi connectivity index (χ1v) is 6.78. The molecule has 2 nitrogen and oxygen atoms in total. The van der Waals surface area contributed by atoms with E-state index in [1.165, 1.54) is 5.56 Å². The smallest absolute Gasteiger partial charge is 0.228 e. The molecule has 0 aliphatic heterocycles. The number of hydrogen-bond donors (Lipinski definition) is 0. The van der Waals surface area contributed by atoms with E-state index in [1.807, 2.05) is 48.5 Å². The van der Waals surface area contributed by atoms with Gasteiger partial charge in [-0.25, -0.2) is 0 Å². The predicted molar refractivity (Wildman–Crippen MR) is 80.2 cm³/mol. The number of fused-ring (bicyclic) bond motifs is 1. The summed E-state index contributed by atoms with van der Waals surface area (Å²) in [4.78, 5) is 12.4. The molecule has 0 unspecified atom stereocenters. The molecule has 0 N–H and O–H groups in total. The van der Waals surface area contributed by atoms with Gasteiger partial charge in [0.2, 0.25) is 5.78 Å². The van der Waals surface area contributed by atoms with Crippen molar-refractivity contribution in [2.75, 3.05) is 0 Å². The van der Waals surface area contributed by atoms with Crippen LogP contribution in [0.1, 0.15) is 41.4 Å². The van der Waals surface area contributed by atoms with E-state index in [0.29, 0.717) is 17.2 Å². The van der Waals surface area contributed by atoms with Gasteiger partial charge >= 0.3 is 0 Å². The molecular formula is C18H16O2. The van der Waals surface area contributed by atoms with E-state index >= 15 is 0 Å². The zero-order valence-corrected chi connectivity index (χ0v) is 11.6. The van der Waals surface area contributed by atoms with Crippen LogP contribution in [0.2, 0.25) is 0 Å². The molecule has 0 bridgehead atoms.